The molecular weight excluding hydrogens is 240 g/mol. The number of rotatable bonds is 3. The average Bonchev–Trinajstić information content (AvgIpc) is 2.90. The molecule has 94 valence electrons. The normalized spacial score (nSPS) is 13.1. The van der Waals surface area contributed by atoms with Crippen LogP contribution in [-0.2, 0) is 0 Å². The molecule has 1 aliphatic rings. The number of hydrogen-bond acceptors (Lipinski definition) is 3. The van der Waals surface area contributed by atoms with Crippen molar-refractivity contribution in [3.8, 4) is 0 Å². The molecule has 0 saturated heterocycles. The van der Waals surface area contributed by atoms with Crippen molar-refractivity contribution < 1.29 is 9.59 Å². The SMILES string of the molecule is O=Cc1cccc(C(=O)c2c[nH]c3c2=CCCN=3)c1. The molecule has 1 aliphatic heterocycles. The first-order chi connectivity index (χ1) is 9.29. The highest BCUT2D eigenvalue weighted by atomic mass is 16.1. The molecule has 0 amide bonds. The van der Waals surface area contributed by atoms with Gasteiger partial charge in [-0.25, -0.2) is 0 Å². The van der Waals surface area contributed by atoms with Gasteiger partial charge in [0, 0.05) is 34.7 Å². The van der Waals surface area contributed by atoms with Gasteiger partial charge >= 0.3 is 0 Å². The molecule has 0 bridgehead atoms. The summed E-state index contributed by atoms with van der Waals surface area (Å²) in [6.45, 7) is 0.752. The summed E-state index contributed by atoms with van der Waals surface area (Å²) >= 11 is 0. The molecular formula is C15H12N2O2. The molecule has 0 unspecified atom stereocenters. The number of benzene rings is 1. The fourth-order valence-electron chi connectivity index (χ4n) is 2.24. The van der Waals surface area contributed by atoms with Gasteiger partial charge in [-0.3, -0.25) is 14.6 Å². The van der Waals surface area contributed by atoms with E-state index in [2.05, 4.69) is 9.98 Å². The minimum Gasteiger partial charge on any atom is -0.346 e. The van der Waals surface area contributed by atoms with Crippen LogP contribution < -0.4 is 10.7 Å². The number of hydrogen-bond donors (Lipinski definition) is 1. The first kappa shape index (κ1) is 11.6. The second-order valence-electron chi connectivity index (χ2n) is 4.41. The highest BCUT2D eigenvalue weighted by Gasteiger charge is 2.14. The Morgan fingerprint density at radius 2 is 2.26 bits per heavy atom. The molecule has 2 aromatic rings. The number of nitrogens with zero attached hydrogens (tertiary/aromatic N) is 1. The predicted molar refractivity (Wildman–Crippen MR) is 70.8 cm³/mol. The van der Waals surface area contributed by atoms with Crippen molar-refractivity contribution >= 4 is 18.1 Å². The van der Waals surface area contributed by atoms with E-state index in [1.54, 1.807) is 30.5 Å². The molecule has 1 N–H and O–H groups in total. The molecule has 0 atom stereocenters. The summed E-state index contributed by atoms with van der Waals surface area (Å²) in [7, 11) is 0. The Bertz CT molecular complexity index is 772. The van der Waals surface area contributed by atoms with Crippen molar-refractivity contribution in [1.29, 1.82) is 0 Å². The molecule has 0 radical (unpaired) electrons. The molecule has 0 saturated carbocycles. The number of aldehydes is 1. The minimum atomic E-state index is -0.0884. The minimum absolute atomic E-state index is 0.0884. The van der Waals surface area contributed by atoms with Crippen LogP contribution in [0.5, 0.6) is 0 Å². The van der Waals surface area contributed by atoms with Gasteiger partial charge in [0.15, 0.2) is 5.78 Å². The number of carbonyl (C=O) groups excluding carboxylic acids is 2. The number of aromatic nitrogens is 1. The fraction of sp³-hybridized carbons (Fsp3) is 0.133. The Hall–Kier alpha value is -2.49. The van der Waals surface area contributed by atoms with Crippen molar-refractivity contribution in [2.75, 3.05) is 6.54 Å². The van der Waals surface area contributed by atoms with Crippen molar-refractivity contribution in [2.45, 2.75) is 6.42 Å². The van der Waals surface area contributed by atoms with Gasteiger partial charge in [0.25, 0.3) is 0 Å². The van der Waals surface area contributed by atoms with E-state index in [0.29, 0.717) is 16.7 Å². The average molecular weight is 252 g/mol. The van der Waals surface area contributed by atoms with Crippen molar-refractivity contribution in [1.82, 2.24) is 4.98 Å². The summed E-state index contributed by atoms with van der Waals surface area (Å²) in [5.74, 6) is -0.0884. The van der Waals surface area contributed by atoms with E-state index in [9.17, 15) is 9.59 Å². The largest absolute Gasteiger partial charge is 0.346 e. The second kappa shape index (κ2) is 4.65. The Labute approximate surface area is 109 Å². The number of ketones is 1. The Morgan fingerprint density at radius 3 is 3.11 bits per heavy atom. The van der Waals surface area contributed by atoms with Crippen LogP contribution in [0.15, 0.2) is 35.5 Å². The number of aromatic amines is 1. The zero-order chi connectivity index (χ0) is 13.2. The number of nitrogens with one attached hydrogen (secondary N) is 1. The van der Waals surface area contributed by atoms with E-state index < -0.39 is 0 Å². The summed E-state index contributed by atoms with van der Waals surface area (Å²) in [5, 5.41) is 0.868. The smallest absolute Gasteiger partial charge is 0.195 e. The molecule has 1 aromatic heterocycles. The zero-order valence-electron chi connectivity index (χ0n) is 10.2. The number of carbonyl (C=O) groups is 2. The molecule has 0 spiro atoms. The topological polar surface area (TPSA) is 62.3 Å². The van der Waals surface area contributed by atoms with Crippen LogP contribution in [-0.4, -0.2) is 23.6 Å². The summed E-state index contributed by atoms with van der Waals surface area (Å²) < 4.78 is 0. The van der Waals surface area contributed by atoms with Gasteiger partial charge in [0.2, 0.25) is 0 Å². The lowest BCUT2D eigenvalue weighted by Gasteiger charge is -2.01. The van der Waals surface area contributed by atoms with Gasteiger partial charge in [-0.1, -0.05) is 24.3 Å². The highest BCUT2D eigenvalue weighted by Crippen LogP contribution is 2.08. The molecule has 0 aliphatic carbocycles. The van der Waals surface area contributed by atoms with Crippen LogP contribution in [0, 0.1) is 0 Å². The summed E-state index contributed by atoms with van der Waals surface area (Å²) in [5.41, 5.74) is 2.40. The lowest BCUT2D eigenvalue weighted by atomic mass is 10.0. The standard InChI is InChI=1S/C15H12N2O2/c18-9-10-3-1-4-11(7-10)14(19)13-8-17-15-12(13)5-2-6-16-15/h1,3-5,7-9H,2,6H2,(H,16,17). The van der Waals surface area contributed by atoms with Crippen molar-refractivity contribution in [3.05, 3.63) is 57.9 Å². The summed E-state index contributed by atoms with van der Waals surface area (Å²) in [4.78, 5) is 30.6. The maximum absolute atomic E-state index is 12.4. The van der Waals surface area contributed by atoms with E-state index in [0.717, 1.165) is 30.0 Å². The maximum atomic E-state index is 12.4. The Balaban J connectivity index is 2.10. The zero-order valence-corrected chi connectivity index (χ0v) is 10.2. The third kappa shape index (κ3) is 2.01. The van der Waals surface area contributed by atoms with Crippen LogP contribution >= 0.6 is 0 Å². The lowest BCUT2D eigenvalue weighted by Crippen LogP contribution is -2.30. The molecule has 19 heavy (non-hydrogen) atoms. The lowest BCUT2D eigenvalue weighted by molar-refractivity contribution is 0.103. The van der Waals surface area contributed by atoms with Crippen LogP contribution in [0.1, 0.15) is 32.7 Å². The molecule has 2 heterocycles. The van der Waals surface area contributed by atoms with E-state index in [-0.39, 0.29) is 5.78 Å². The number of H-pyrrole nitrogens is 1. The van der Waals surface area contributed by atoms with E-state index in [1.807, 2.05) is 6.08 Å². The van der Waals surface area contributed by atoms with Crippen LogP contribution in [0.2, 0.25) is 0 Å². The van der Waals surface area contributed by atoms with Crippen molar-refractivity contribution in [3.63, 3.8) is 0 Å². The molecule has 1 aromatic carbocycles. The van der Waals surface area contributed by atoms with Gasteiger partial charge in [-0.15, -0.1) is 0 Å². The van der Waals surface area contributed by atoms with Gasteiger partial charge in [0.1, 0.15) is 11.8 Å². The summed E-state index contributed by atoms with van der Waals surface area (Å²) in [6.07, 6.45) is 5.30. The second-order valence-corrected chi connectivity index (χ2v) is 4.41. The number of fused-ring (bicyclic) bond motifs is 1. The maximum Gasteiger partial charge on any atom is 0.195 e. The molecule has 3 rings (SSSR count). The Kier molecular flexibility index (Phi) is 2.83. The Morgan fingerprint density at radius 1 is 1.37 bits per heavy atom. The van der Waals surface area contributed by atoms with Crippen LogP contribution in [0.4, 0.5) is 0 Å². The fourth-order valence-corrected chi connectivity index (χ4v) is 2.24. The third-order valence-corrected chi connectivity index (χ3v) is 3.18. The first-order valence-corrected chi connectivity index (χ1v) is 6.11. The molecule has 0 fully saturated rings. The highest BCUT2D eigenvalue weighted by molar-refractivity contribution is 6.09. The van der Waals surface area contributed by atoms with Gasteiger partial charge in [0.05, 0.1) is 0 Å². The quantitative estimate of drug-likeness (QED) is 0.650. The summed E-state index contributed by atoms with van der Waals surface area (Å²) in [6, 6.07) is 6.71. The predicted octanol–water partition coefficient (Wildman–Crippen LogP) is 0.862. The van der Waals surface area contributed by atoms with Gasteiger partial charge in [-0.2, -0.15) is 0 Å². The van der Waals surface area contributed by atoms with Crippen LogP contribution in [0.3, 0.4) is 0 Å². The van der Waals surface area contributed by atoms with E-state index in [4.69, 9.17) is 0 Å². The first-order valence-electron chi connectivity index (χ1n) is 6.11. The third-order valence-electron chi connectivity index (χ3n) is 3.18. The van der Waals surface area contributed by atoms with E-state index >= 15 is 0 Å². The van der Waals surface area contributed by atoms with Crippen LogP contribution in [0.25, 0.3) is 6.08 Å². The monoisotopic (exact) mass is 252 g/mol. The molecule has 4 nitrogen and oxygen atoms in total. The van der Waals surface area contributed by atoms with Crippen molar-refractivity contribution in [2.24, 2.45) is 4.99 Å². The van der Waals surface area contributed by atoms with Gasteiger partial charge < -0.3 is 4.98 Å². The molecule has 4 heteroatoms. The van der Waals surface area contributed by atoms with Gasteiger partial charge in [-0.05, 0) is 12.5 Å². The van der Waals surface area contributed by atoms with E-state index in [1.165, 1.54) is 0 Å².